The molecule has 2 heterocycles. The van der Waals surface area contributed by atoms with Gasteiger partial charge < -0.3 is 9.15 Å². The lowest BCUT2D eigenvalue weighted by Gasteiger charge is -2.03. The first-order valence-corrected chi connectivity index (χ1v) is 5.86. The highest BCUT2D eigenvalue weighted by Crippen LogP contribution is 2.06. The molecule has 2 rings (SSSR count). The number of ether oxygens (including phenoxy) is 1. The molecule has 19 heavy (non-hydrogen) atoms. The highest BCUT2D eigenvalue weighted by Gasteiger charge is 2.00. The van der Waals surface area contributed by atoms with Gasteiger partial charge in [0.25, 0.3) is 0 Å². The van der Waals surface area contributed by atoms with Gasteiger partial charge in [-0.1, -0.05) is 6.58 Å². The van der Waals surface area contributed by atoms with E-state index in [0.29, 0.717) is 11.6 Å². The van der Waals surface area contributed by atoms with Gasteiger partial charge >= 0.3 is 0 Å². The minimum absolute atomic E-state index is 0.267. The molecular weight excluding hydrogens is 242 g/mol. The molecule has 2 aromatic rings. The molecule has 0 aromatic carbocycles. The lowest BCUT2D eigenvalue weighted by atomic mass is 10.3. The molecule has 0 fully saturated rings. The molecule has 0 radical (unpaired) electrons. The predicted molar refractivity (Wildman–Crippen MR) is 73.1 cm³/mol. The molecule has 0 bridgehead atoms. The van der Waals surface area contributed by atoms with Crippen LogP contribution in [0.3, 0.4) is 0 Å². The molecule has 0 aliphatic heterocycles. The molecule has 0 N–H and O–H groups in total. The average molecular weight is 257 g/mol. The van der Waals surface area contributed by atoms with E-state index in [2.05, 4.69) is 21.5 Å². The Morgan fingerprint density at radius 1 is 1.53 bits per heavy atom. The summed E-state index contributed by atoms with van der Waals surface area (Å²) in [4.78, 5) is 12.5. The van der Waals surface area contributed by atoms with Crippen molar-refractivity contribution in [3.05, 3.63) is 41.2 Å². The van der Waals surface area contributed by atoms with Crippen LogP contribution in [0.25, 0.3) is 12.3 Å². The van der Waals surface area contributed by atoms with Gasteiger partial charge in [-0.2, -0.15) is 0 Å². The Morgan fingerprint density at radius 3 is 3.00 bits per heavy atom. The summed E-state index contributed by atoms with van der Waals surface area (Å²) in [7, 11) is 0. The first kappa shape index (κ1) is 13.0. The van der Waals surface area contributed by atoms with Gasteiger partial charge in [0, 0.05) is 6.21 Å². The Kier molecular flexibility index (Phi) is 4.07. The van der Waals surface area contributed by atoms with Crippen LogP contribution >= 0.6 is 0 Å². The first-order chi connectivity index (χ1) is 9.20. The van der Waals surface area contributed by atoms with Crippen LogP contribution in [-0.4, -0.2) is 16.2 Å². The third-order valence-electron chi connectivity index (χ3n) is 2.45. The lowest BCUT2D eigenvalue weighted by Crippen LogP contribution is -2.28. The smallest absolute Gasteiger partial charge is 0.232 e. The van der Waals surface area contributed by atoms with E-state index in [1.54, 1.807) is 18.6 Å². The van der Waals surface area contributed by atoms with Crippen molar-refractivity contribution < 1.29 is 9.15 Å². The van der Waals surface area contributed by atoms with Gasteiger partial charge in [-0.05, 0) is 25.1 Å². The Labute approximate surface area is 111 Å². The first-order valence-electron chi connectivity index (χ1n) is 5.86. The number of oxazole rings is 1. The summed E-state index contributed by atoms with van der Waals surface area (Å²) in [6.45, 7) is 7.97. The molecule has 0 saturated carbocycles. The molecule has 0 amide bonds. The van der Waals surface area contributed by atoms with Gasteiger partial charge in [-0.3, -0.25) is 9.98 Å². The van der Waals surface area contributed by atoms with Gasteiger partial charge in [-0.25, -0.2) is 4.98 Å². The number of pyridine rings is 1. The zero-order valence-corrected chi connectivity index (χ0v) is 11.0. The van der Waals surface area contributed by atoms with Gasteiger partial charge in [0.15, 0.2) is 6.61 Å². The van der Waals surface area contributed by atoms with E-state index in [-0.39, 0.29) is 6.61 Å². The van der Waals surface area contributed by atoms with Crippen LogP contribution in [0, 0.1) is 0 Å². The molecule has 0 spiro atoms. The molecule has 0 aliphatic rings. The lowest BCUT2D eigenvalue weighted by molar-refractivity contribution is 0.262. The molecule has 5 heteroatoms. The standard InChI is InChI=1S/C14H15N3O2/c1-4-15-11(3)14-10(2)7-12(8-17-14)19-9-13-16-5-6-18-13/h4-8H,2,9H2,1,3H3/b14-11+,15-4?. The topological polar surface area (TPSA) is 60.5 Å². The normalized spacial score (nSPS) is 12.7. The monoisotopic (exact) mass is 257 g/mol. The third kappa shape index (κ3) is 3.28. The quantitative estimate of drug-likeness (QED) is 0.774. The summed E-state index contributed by atoms with van der Waals surface area (Å²) < 4.78 is 10.6. The Balaban J connectivity index is 2.20. The Morgan fingerprint density at radius 2 is 2.37 bits per heavy atom. The second kappa shape index (κ2) is 5.95. The van der Waals surface area contributed by atoms with Crippen LogP contribution in [0.4, 0.5) is 0 Å². The van der Waals surface area contributed by atoms with Crippen molar-refractivity contribution >= 4 is 18.5 Å². The van der Waals surface area contributed by atoms with Crippen LogP contribution in [0.2, 0.25) is 0 Å². The van der Waals surface area contributed by atoms with Gasteiger partial charge in [-0.15, -0.1) is 0 Å². The van der Waals surface area contributed by atoms with Crippen molar-refractivity contribution in [2.45, 2.75) is 20.5 Å². The zero-order valence-electron chi connectivity index (χ0n) is 11.0. The molecule has 0 saturated heterocycles. The van der Waals surface area contributed by atoms with Crippen LogP contribution in [0.1, 0.15) is 19.7 Å². The van der Waals surface area contributed by atoms with Gasteiger partial charge in [0.2, 0.25) is 5.89 Å². The van der Waals surface area contributed by atoms with E-state index in [0.717, 1.165) is 16.3 Å². The highest BCUT2D eigenvalue weighted by molar-refractivity contribution is 5.61. The predicted octanol–water partition coefficient (Wildman–Crippen LogP) is 1.28. The number of hydrogen-bond donors (Lipinski definition) is 0. The summed E-state index contributed by atoms with van der Waals surface area (Å²) in [5.41, 5.74) is 0.826. The van der Waals surface area contributed by atoms with Crippen molar-refractivity contribution in [2.75, 3.05) is 0 Å². The van der Waals surface area contributed by atoms with Crippen molar-refractivity contribution in [3.8, 4) is 5.75 Å². The van der Waals surface area contributed by atoms with Crippen LogP contribution < -0.4 is 15.3 Å². The van der Waals surface area contributed by atoms with Gasteiger partial charge in [0.1, 0.15) is 12.0 Å². The Hall–Kier alpha value is -2.43. The van der Waals surface area contributed by atoms with Crippen LogP contribution in [0.5, 0.6) is 5.75 Å². The largest absolute Gasteiger partial charge is 0.482 e. The van der Waals surface area contributed by atoms with Crippen molar-refractivity contribution in [3.63, 3.8) is 0 Å². The van der Waals surface area contributed by atoms with Crippen molar-refractivity contribution in [1.29, 1.82) is 0 Å². The van der Waals surface area contributed by atoms with Gasteiger partial charge in [0.05, 0.1) is 23.4 Å². The molecule has 0 aliphatic carbocycles. The summed E-state index contributed by atoms with van der Waals surface area (Å²) in [5.74, 6) is 1.15. The fraction of sp³-hybridized carbons (Fsp3) is 0.214. The number of aromatic nitrogens is 2. The number of aliphatic imine (C=N–C) groups is 1. The van der Waals surface area contributed by atoms with Crippen LogP contribution in [0.15, 0.2) is 34.1 Å². The molecule has 5 nitrogen and oxygen atoms in total. The number of hydrogen-bond acceptors (Lipinski definition) is 5. The molecule has 98 valence electrons. The fourth-order valence-electron chi connectivity index (χ4n) is 1.62. The molecule has 0 atom stereocenters. The minimum atomic E-state index is 0.267. The zero-order chi connectivity index (χ0) is 13.7. The third-order valence-corrected chi connectivity index (χ3v) is 2.45. The minimum Gasteiger partial charge on any atom is -0.482 e. The van der Waals surface area contributed by atoms with Crippen molar-refractivity contribution in [1.82, 2.24) is 9.97 Å². The highest BCUT2D eigenvalue weighted by atomic mass is 16.5. The molecule has 0 unspecified atom stereocenters. The van der Waals surface area contributed by atoms with Crippen LogP contribution in [-0.2, 0) is 6.61 Å². The Bertz CT molecular complexity index is 675. The van der Waals surface area contributed by atoms with E-state index >= 15 is 0 Å². The summed E-state index contributed by atoms with van der Waals surface area (Å²) >= 11 is 0. The number of rotatable bonds is 4. The van der Waals surface area contributed by atoms with E-state index in [9.17, 15) is 0 Å². The van der Waals surface area contributed by atoms with E-state index in [4.69, 9.17) is 9.15 Å². The second-order valence-electron chi connectivity index (χ2n) is 3.87. The van der Waals surface area contributed by atoms with Crippen molar-refractivity contribution in [2.24, 2.45) is 4.99 Å². The molecular formula is C14H15N3O2. The maximum atomic E-state index is 5.52. The number of nitrogens with zero attached hydrogens (tertiary/aromatic N) is 3. The van der Waals surface area contributed by atoms with E-state index in [1.165, 1.54) is 6.26 Å². The SMILES string of the molecule is C=c1cc(OCc2ncco2)cn/c1=C(\C)N=CC. The summed E-state index contributed by atoms with van der Waals surface area (Å²) in [5, 5.41) is 1.54. The van der Waals surface area contributed by atoms with E-state index in [1.807, 2.05) is 19.9 Å². The fourth-order valence-corrected chi connectivity index (χ4v) is 1.62. The maximum Gasteiger partial charge on any atom is 0.232 e. The average Bonchev–Trinajstić information content (AvgIpc) is 2.89. The summed E-state index contributed by atoms with van der Waals surface area (Å²) in [6, 6.07) is 1.82. The molecule has 2 aromatic heterocycles. The maximum absolute atomic E-state index is 5.52. The van der Waals surface area contributed by atoms with E-state index < -0.39 is 0 Å². The summed E-state index contributed by atoms with van der Waals surface area (Å²) in [6.07, 6.45) is 6.45. The second-order valence-corrected chi connectivity index (χ2v) is 3.87.